The van der Waals surface area contributed by atoms with Crippen molar-refractivity contribution in [2.24, 2.45) is 0 Å². The smallest absolute Gasteiger partial charge is 0.340 e. The van der Waals surface area contributed by atoms with Crippen LogP contribution in [0, 0.1) is 0 Å². The number of nitrogens with zero attached hydrogens (tertiary/aromatic N) is 2. The van der Waals surface area contributed by atoms with E-state index in [1.807, 2.05) is 37.3 Å². The van der Waals surface area contributed by atoms with Crippen molar-refractivity contribution < 1.29 is 12.6 Å². The normalized spacial score (nSPS) is 11.4. The monoisotopic (exact) mass is 342 g/mol. The molecule has 0 aliphatic heterocycles. The Bertz CT molecular complexity index is 904. The van der Waals surface area contributed by atoms with Gasteiger partial charge in [-0.2, -0.15) is 18.2 Å². The molecule has 0 N–H and O–H groups in total. The van der Waals surface area contributed by atoms with Crippen molar-refractivity contribution in [2.45, 2.75) is 24.7 Å². The highest BCUT2D eigenvalue weighted by molar-refractivity contribution is 7.87. The first-order chi connectivity index (χ1) is 11.6. The van der Waals surface area contributed by atoms with Gasteiger partial charge in [-0.05, 0) is 30.7 Å². The molecule has 6 heteroatoms. The van der Waals surface area contributed by atoms with E-state index in [-0.39, 0.29) is 10.8 Å². The number of hydrogen-bond acceptors (Lipinski definition) is 4. The zero-order chi connectivity index (χ0) is 17.0. The van der Waals surface area contributed by atoms with Gasteiger partial charge in [-0.1, -0.05) is 49.7 Å². The molecule has 0 fully saturated rings. The summed E-state index contributed by atoms with van der Waals surface area (Å²) in [6.07, 6.45) is 1.66. The maximum atomic E-state index is 12.5. The lowest BCUT2D eigenvalue weighted by molar-refractivity contribution is 0.465. The number of hydrogen-bond donors (Lipinski definition) is 0. The van der Waals surface area contributed by atoms with Crippen LogP contribution in [0.15, 0.2) is 71.6 Å². The van der Waals surface area contributed by atoms with Crippen molar-refractivity contribution in [3.8, 4) is 11.6 Å². The van der Waals surface area contributed by atoms with Gasteiger partial charge in [0, 0.05) is 6.07 Å². The van der Waals surface area contributed by atoms with Crippen LogP contribution in [0.4, 0.5) is 0 Å². The first-order valence-electron chi connectivity index (χ1n) is 7.74. The minimum absolute atomic E-state index is 0.114. The maximum Gasteiger partial charge on any atom is 0.340 e. The Balaban J connectivity index is 2.01. The first kappa shape index (κ1) is 16.3. The van der Waals surface area contributed by atoms with Crippen molar-refractivity contribution >= 4 is 10.1 Å². The summed E-state index contributed by atoms with van der Waals surface area (Å²) in [5.74, 6) is 0.188. The predicted molar refractivity (Wildman–Crippen MR) is 91.8 cm³/mol. The minimum atomic E-state index is -3.91. The Kier molecular flexibility index (Phi) is 4.66. The maximum absolute atomic E-state index is 12.5. The molecule has 0 radical (unpaired) electrons. The average molecular weight is 342 g/mol. The SMILES string of the molecule is CCCc1cc(OS(=O)(=O)c2ccccc2)n(-c2ccccc2)n1. The van der Waals surface area contributed by atoms with Gasteiger partial charge in [-0.3, -0.25) is 0 Å². The average Bonchev–Trinajstić information content (AvgIpc) is 2.98. The summed E-state index contributed by atoms with van der Waals surface area (Å²) in [5.41, 5.74) is 1.54. The van der Waals surface area contributed by atoms with E-state index in [1.165, 1.54) is 16.8 Å². The van der Waals surface area contributed by atoms with Crippen LogP contribution >= 0.6 is 0 Å². The third-order valence-electron chi connectivity index (χ3n) is 3.46. The Morgan fingerprint density at radius 1 is 1.00 bits per heavy atom. The van der Waals surface area contributed by atoms with Crippen LogP contribution in [-0.2, 0) is 16.5 Å². The lowest BCUT2D eigenvalue weighted by Gasteiger charge is -2.09. The molecule has 0 amide bonds. The van der Waals surface area contributed by atoms with Gasteiger partial charge in [-0.25, -0.2) is 0 Å². The standard InChI is InChI=1S/C18H18N2O3S/c1-2-9-15-14-18(20(19-15)16-10-5-3-6-11-16)23-24(21,22)17-12-7-4-8-13-17/h3-8,10-14H,2,9H2,1H3. The molecule has 0 spiro atoms. The molecule has 124 valence electrons. The van der Waals surface area contributed by atoms with E-state index in [0.717, 1.165) is 24.2 Å². The second-order valence-corrected chi connectivity index (χ2v) is 6.87. The fourth-order valence-corrected chi connectivity index (χ4v) is 3.28. The highest BCUT2D eigenvalue weighted by Crippen LogP contribution is 2.24. The van der Waals surface area contributed by atoms with Gasteiger partial charge < -0.3 is 4.18 Å². The van der Waals surface area contributed by atoms with Crippen LogP contribution in [-0.4, -0.2) is 18.2 Å². The van der Waals surface area contributed by atoms with Crippen LogP contribution < -0.4 is 4.18 Å². The second-order valence-electron chi connectivity index (χ2n) is 5.32. The molecule has 0 saturated heterocycles. The molecular weight excluding hydrogens is 324 g/mol. The van der Waals surface area contributed by atoms with Gasteiger partial charge in [0.2, 0.25) is 5.88 Å². The molecule has 3 rings (SSSR count). The van der Waals surface area contributed by atoms with Gasteiger partial charge in [0.1, 0.15) is 4.90 Å². The Morgan fingerprint density at radius 3 is 2.25 bits per heavy atom. The lowest BCUT2D eigenvalue weighted by Crippen LogP contribution is -2.12. The molecule has 1 aromatic heterocycles. The van der Waals surface area contributed by atoms with E-state index >= 15 is 0 Å². The third kappa shape index (κ3) is 3.49. The zero-order valence-electron chi connectivity index (χ0n) is 13.3. The number of para-hydroxylation sites is 1. The van der Waals surface area contributed by atoms with Gasteiger partial charge in [-0.15, -0.1) is 0 Å². The molecule has 0 atom stereocenters. The van der Waals surface area contributed by atoms with Crippen molar-refractivity contribution in [1.82, 2.24) is 9.78 Å². The molecule has 0 aliphatic carbocycles. The fraction of sp³-hybridized carbons (Fsp3) is 0.167. The van der Waals surface area contributed by atoms with Crippen LogP contribution in [0.1, 0.15) is 19.0 Å². The van der Waals surface area contributed by atoms with E-state index in [1.54, 1.807) is 24.3 Å². The summed E-state index contributed by atoms with van der Waals surface area (Å²) in [5, 5.41) is 4.48. The molecule has 0 aliphatic rings. The zero-order valence-corrected chi connectivity index (χ0v) is 14.1. The fourth-order valence-electron chi connectivity index (χ4n) is 2.35. The molecular formula is C18H18N2O3S. The second kappa shape index (κ2) is 6.88. The van der Waals surface area contributed by atoms with Gasteiger partial charge in [0.15, 0.2) is 0 Å². The van der Waals surface area contributed by atoms with E-state index < -0.39 is 10.1 Å². The minimum Gasteiger partial charge on any atom is -0.358 e. The number of aryl methyl sites for hydroxylation is 1. The van der Waals surface area contributed by atoms with Crippen LogP contribution in [0.3, 0.4) is 0 Å². The van der Waals surface area contributed by atoms with Crippen molar-refractivity contribution in [2.75, 3.05) is 0 Å². The molecule has 0 unspecified atom stereocenters. The molecule has 1 heterocycles. The van der Waals surface area contributed by atoms with Crippen LogP contribution in [0.2, 0.25) is 0 Å². The highest BCUT2D eigenvalue weighted by atomic mass is 32.2. The third-order valence-corrected chi connectivity index (χ3v) is 4.70. The number of aromatic nitrogens is 2. The molecule has 3 aromatic rings. The molecule has 2 aromatic carbocycles. The largest absolute Gasteiger partial charge is 0.358 e. The van der Waals surface area contributed by atoms with E-state index in [0.29, 0.717) is 0 Å². The Labute approximate surface area is 141 Å². The van der Waals surface area contributed by atoms with Crippen molar-refractivity contribution in [3.63, 3.8) is 0 Å². The summed E-state index contributed by atoms with van der Waals surface area (Å²) in [6, 6.07) is 19.1. The first-order valence-corrected chi connectivity index (χ1v) is 9.15. The number of rotatable bonds is 6. The molecule has 5 nitrogen and oxygen atoms in total. The van der Waals surface area contributed by atoms with E-state index in [2.05, 4.69) is 5.10 Å². The molecule has 24 heavy (non-hydrogen) atoms. The lowest BCUT2D eigenvalue weighted by atomic mass is 10.3. The van der Waals surface area contributed by atoms with E-state index in [9.17, 15) is 8.42 Å². The van der Waals surface area contributed by atoms with Crippen LogP contribution in [0.25, 0.3) is 5.69 Å². The Hall–Kier alpha value is -2.60. The summed E-state index contributed by atoms with van der Waals surface area (Å²) in [6.45, 7) is 2.04. The van der Waals surface area contributed by atoms with Gasteiger partial charge in [0.05, 0.1) is 11.4 Å². The molecule has 0 saturated carbocycles. The molecule has 0 bridgehead atoms. The summed E-state index contributed by atoms with van der Waals surface area (Å²) in [7, 11) is -3.91. The topological polar surface area (TPSA) is 61.2 Å². The van der Waals surface area contributed by atoms with Gasteiger partial charge >= 0.3 is 10.1 Å². The highest BCUT2D eigenvalue weighted by Gasteiger charge is 2.20. The van der Waals surface area contributed by atoms with Gasteiger partial charge in [0.25, 0.3) is 0 Å². The number of benzene rings is 2. The van der Waals surface area contributed by atoms with Crippen molar-refractivity contribution in [1.29, 1.82) is 0 Å². The van der Waals surface area contributed by atoms with Crippen molar-refractivity contribution in [3.05, 3.63) is 72.4 Å². The Morgan fingerprint density at radius 2 is 1.62 bits per heavy atom. The van der Waals surface area contributed by atoms with Crippen LogP contribution in [0.5, 0.6) is 5.88 Å². The summed E-state index contributed by atoms with van der Waals surface area (Å²) in [4.78, 5) is 0.114. The predicted octanol–water partition coefficient (Wildman–Crippen LogP) is 3.59. The summed E-state index contributed by atoms with van der Waals surface area (Å²) >= 11 is 0. The van der Waals surface area contributed by atoms with E-state index in [4.69, 9.17) is 4.18 Å². The summed E-state index contributed by atoms with van der Waals surface area (Å²) < 4.78 is 31.9. The quantitative estimate of drug-likeness (QED) is 0.642.